The van der Waals surface area contributed by atoms with Crippen LogP contribution in [0.25, 0.3) is 0 Å². The van der Waals surface area contributed by atoms with Crippen LogP contribution in [0, 0.1) is 0 Å². The normalized spacial score (nSPS) is 25.9. The maximum Gasteiger partial charge on any atom is 0.240 e. The van der Waals surface area contributed by atoms with Gasteiger partial charge in [-0.05, 0) is 42.9 Å². The molecule has 0 bridgehead atoms. The summed E-state index contributed by atoms with van der Waals surface area (Å²) in [5.74, 6) is 0.869. The predicted molar refractivity (Wildman–Crippen MR) is 89.9 cm³/mol. The Hall–Kier alpha value is -1.61. The van der Waals surface area contributed by atoms with Crippen molar-refractivity contribution in [2.24, 2.45) is 0 Å². The minimum Gasteiger partial charge on any atom is -0.338 e. The molecule has 0 aromatic heterocycles. The Morgan fingerprint density at radius 3 is 2.68 bits per heavy atom. The fourth-order valence-electron chi connectivity index (χ4n) is 3.77. The number of nitrogens with zero attached hydrogens (tertiary/aromatic N) is 2. The minimum absolute atomic E-state index is 0.0971. The topological polar surface area (TPSA) is 23.6 Å². The molecule has 0 saturated carbocycles. The highest BCUT2D eigenvalue weighted by Gasteiger charge is 2.38. The van der Waals surface area contributed by atoms with Crippen LogP contribution in [0.15, 0.2) is 36.9 Å². The van der Waals surface area contributed by atoms with Crippen LogP contribution in [0.5, 0.6) is 0 Å². The summed E-state index contributed by atoms with van der Waals surface area (Å²) in [5, 5.41) is 0. The van der Waals surface area contributed by atoms with Gasteiger partial charge in [0.1, 0.15) is 0 Å². The number of hydrogen-bond acceptors (Lipinski definition) is 2. The number of carbonyl (C=O) groups excluding carboxylic acids is 1. The Balaban J connectivity index is 1.62. The summed E-state index contributed by atoms with van der Waals surface area (Å²) >= 11 is 0. The molecule has 2 atom stereocenters. The molecule has 1 amide bonds. The molecule has 0 aliphatic carbocycles. The van der Waals surface area contributed by atoms with E-state index < -0.39 is 0 Å². The van der Waals surface area contributed by atoms with Gasteiger partial charge in [-0.25, -0.2) is 0 Å². The van der Waals surface area contributed by atoms with Gasteiger partial charge in [-0.15, -0.1) is 6.58 Å². The lowest BCUT2D eigenvalue weighted by atomic mass is 9.97. The van der Waals surface area contributed by atoms with Crippen molar-refractivity contribution in [1.82, 2.24) is 9.80 Å². The van der Waals surface area contributed by atoms with Gasteiger partial charge in [-0.2, -0.15) is 0 Å². The van der Waals surface area contributed by atoms with Crippen molar-refractivity contribution in [3.05, 3.63) is 48.0 Å². The maximum absolute atomic E-state index is 12.4. The lowest BCUT2D eigenvalue weighted by Gasteiger charge is -2.23. The molecule has 0 spiro atoms. The number of aryl methyl sites for hydroxylation is 1. The molecular formula is C19H26N2O. The third-order valence-corrected chi connectivity index (χ3v) is 5.14. The second-order valence-electron chi connectivity index (χ2n) is 6.45. The molecule has 2 aliphatic heterocycles. The fourth-order valence-corrected chi connectivity index (χ4v) is 3.77. The summed E-state index contributed by atoms with van der Waals surface area (Å²) in [6.45, 7) is 9.55. The summed E-state index contributed by atoms with van der Waals surface area (Å²) in [4.78, 5) is 16.8. The molecule has 3 nitrogen and oxygen atoms in total. The largest absolute Gasteiger partial charge is 0.338 e. The number of amides is 1. The molecule has 1 aromatic rings. The van der Waals surface area contributed by atoms with Gasteiger partial charge >= 0.3 is 0 Å². The predicted octanol–water partition coefficient (Wildman–Crippen LogP) is 2.83. The van der Waals surface area contributed by atoms with Crippen molar-refractivity contribution in [3.63, 3.8) is 0 Å². The maximum atomic E-state index is 12.4. The van der Waals surface area contributed by atoms with Gasteiger partial charge in [0.25, 0.3) is 0 Å². The molecule has 1 aromatic carbocycles. The van der Waals surface area contributed by atoms with Crippen LogP contribution >= 0.6 is 0 Å². The number of likely N-dealkylation sites (tertiary alicyclic amines) is 2. The van der Waals surface area contributed by atoms with Gasteiger partial charge in [0, 0.05) is 19.6 Å². The molecular weight excluding hydrogens is 272 g/mol. The van der Waals surface area contributed by atoms with Crippen LogP contribution < -0.4 is 0 Å². The Labute approximate surface area is 133 Å². The van der Waals surface area contributed by atoms with Gasteiger partial charge in [0.2, 0.25) is 5.91 Å². The van der Waals surface area contributed by atoms with E-state index >= 15 is 0 Å². The Morgan fingerprint density at radius 1 is 1.23 bits per heavy atom. The van der Waals surface area contributed by atoms with E-state index in [4.69, 9.17) is 0 Å². The van der Waals surface area contributed by atoms with Gasteiger partial charge < -0.3 is 4.90 Å². The molecule has 118 valence electrons. The quantitative estimate of drug-likeness (QED) is 0.780. The van der Waals surface area contributed by atoms with E-state index in [9.17, 15) is 4.79 Å². The summed E-state index contributed by atoms with van der Waals surface area (Å²) in [7, 11) is 0. The molecule has 2 fully saturated rings. The number of benzene rings is 1. The van der Waals surface area contributed by atoms with E-state index in [1.807, 2.05) is 11.0 Å². The monoisotopic (exact) mass is 298 g/mol. The van der Waals surface area contributed by atoms with Crippen LogP contribution in [-0.4, -0.2) is 47.9 Å². The third-order valence-electron chi connectivity index (χ3n) is 5.14. The van der Waals surface area contributed by atoms with Crippen LogP contribution in [-0.2, 0) is 11.2 Å². The number of carbonyl (C=O) groups is 1. The highest BCUT2D eigenvalue weighted by atomic mass is 16.2. The summed E-state index contributed by atoms with van der Waals surface area (Å²) in [6, 6.07) is 9.12. The number of rotatable bonds is 5. The molecule has 0 radical (unpaired) electrons. The van der Waals surface area contributed by atoms with E-state index in [2.05, 4.69) is 42.7 Å². The van der Waals surface area contributed by atoms with Gasteiger partial charge in [0.05, 0.1) is 6.04 Å². The molecule has 2 aliphatic rings. The van der Waals surface area contributed by atoms with Crippen molar-refractivity contribution in [1.29, 1.82) is 0 Å². The van der Waals surface area contributed by atoms with Crippen molar-refractivity contribution in [2.75, 3.05) is 26.2 Å². The van der Waals surface area contributed by atoms with Crippen LogP contribution in [0.3, 0.4) is 0 Å². The van der Waals surface area contributed by atoms with Crippen molar-refractivity contribution in [2.45, 2.75) is 38.1 Å². The summed E-state index contributed by atoms with van der Waals surface area (Å²) in [5.41, 5.74) is 2.82. The Morgan fingerprint density at radius 2 is 2.00 bits per heavy atom. The Bertz CT molecular complexity index is 537. The van der Waals surface area contributed by atoms with E-state index in [1.54, 1.807) is 0 Å². The minimum atomic E-state index is 0.0971. The van der Waals surface area contributed by atoms with Crippen molar-refractivity contribution < 1.29 is 4.79 Å². The third kappa shape index (κ3) is 2.95. The van der Waals surface area contributed by atoms with Crippen LogP contribution in [0.4, 0.5) is 0 Å². The smallest absolute Gasteiger partial charge is 0.240 e. The standard InChI is InChI=1S/C19H26N2O/c1-3-11-20-13-10-18(19(20)22)21-12-9-17(14-21)16-7-5-15(4-2)6-8-16/h3,5-8,17-18H,1,4,9-14H2,2H3. The van der Waals surface area contributed by atoms with E-state index in [0.29, 0.717) is 18.4 Å². The van der Waals surface area contributed by atoms with Gasteiger partial charge in [0.15, 0.2) is 0 Å². The lowest BCUT2D eigenvalue weighted by molar-refractivity contribution is -0.131. The number of hydrogen-bond donors (Lipinski definition) is 0. The second-order valence-corrected chi connectivity index (χ2v) is 6.45. The molecule has 3 heteroatoms. The van der Waals surface area contributed by atoms with Crippen LogP contribution in [0.2, 0.25) is 0 Å². The average molecular weight is 298 g/mol. The van der Waals surface area contributed by atoms with Gasteiger partial charge in [-0.3, -0.25) is 9.69 Å². The van der Waals surface area contributed by atoms with E-state index in [1.165, 1.54) is 11.1 Å². The first kappa shape index (κ1) is 15.3. The van der Waals surface area contributed by atoms with E-state index in [0.717, 1.165) is 38.9 Å². The van der Waals surface area contributed by atoms with Gasteiger partial charge in [-0.1, -0.05) is 37.3 Å². The first-order valence-corrected chi connectivity index (χ1v) is 8.45. The highest BCUT2D eigenvalue weighted by Crippen LogP contribution is 2.31. The first-order chi connectivity index (χ1) is 10.7. The molecule has 22 heavy (non-hydrogen) atoms. The zero-order valence-corrected chi connectivity index (χ0v) is 13.5. The zero-order valence-electron chi connectivity index (χ0n) is 13.5. The zero-order chi connectivity index (χ0) is 15.5. The van der Waals surface area contributed by atoms with Crippen molar-refractivity contribution >= 4 is 5.91 Å². The van der Waals surface area contributed by atoms with Crippen molar-refractivity contribution in [3.8, 4) is 0 Å². The van der Waals surface area contributed by atoms with Crippen LogP contribution in [0.1, 0.15) is 36.8 Å². The summed E-state index contributed by atoms with van der Waals surface area (Å²) < 4.78 is 0. The molecule has 2 saturated heterocycles. The molecule has 0 N–H and O–H groups in total. The first-order valence-electron chi connectivity index (χ1n) is 8.45. The molecule has 3 rings (SSSR count). The van der Waals surface area contributed by atoms with E-state index in [-0.39, 0.29) is 6.04 Å². The highest BCUT2D eigenvalue weighted by molar-refractivity contribution is 5.84. The Kier molecular flexibility index (Phi) is 4.63. The molecule has 2 unspecified atom stereocenters. The summed E-state index contributed by atoms with van der Waals surface area (Å²) in [6.07, 6.45) is 5.04. The fraction of sp³-hybridized carbons (Fsp3) is 0.526. The lowest BCUT2D eigenvalue weighted by Crippen LogP contribution is -2.40. The average Bonchev–Trinajstić information content (AvgIpc) is 3.16. The SMILES string of the molecule is C=CCN1CCC(N2CCC(c3ccc(CC)cc3)C2)C1=O. The second kappa shape index (κ2) is 6.66. The molecule has 2 heterocycles.